The summed E-state index contributed by atoms with van der Waals surface area (Å²) in [6.07, 6.45) is 4.88. The van der Waals surface area contributed by atoms with E-state index in [1.54, 1.807) is 0 Å². The molecule has 1 aliphatic rings. The van der Waals surface area contributed by atoms with Gasteiger partial charge in [-0.1, -0.05) is 6.92 Å². The van der Waals surface area contributed by atoms with Crippen LogP contribution in [0.15, 0.2) is 11.2 Å². The maximum Gasteiger partial charge on any atom is 0.127 e. The normalized spacial score (nSPS) is 15.7. The zero-order valence-corrected chi connectivity index (χ0v) is 8.06. The Morgan fingerprint density at radius 2 is 2.38 bits per heavy atom. The summed E-state index contributed by atoms with van der Waals surface area (Å²) in [5, 5.41) is 2.10. The molecule has 2 rings (SSSR count). The monoisotopic (exact) mass is 178 g/mol. The smallest absolute Gasteiger partial charge is 0.127 e. The largest absolute Gasteiger partial charge is 0.272 e. The lowest BCUT2D eigenvalue weighted by Gasteiger charge is -2.16. The molecule has 0 unspecified atom stereocenters. The predicted octanol–water partition coefficient (Wildman–Crippen LogP) is 0.734. The summed E-state index contributed by atoms with van der Waals surface area (Å²) in [6, 6.07) is 0. The Morgan fingerprint density at radius 3 is 3.00 bits per heavy atom. The minimum atomic E-state index is 0.889. The average Bonchev–Trinajstić information content (AvgIpc) is 2.71. The van der Waals surface area contributed by atoms with E-state index >= 15 is 0 Å². The van der Waals surface area contributed by atoms with Crippen LogP contribution in [0.25, 0.3) is 0 Å². The van der Waals surface area contributed by atoms with Crippen LogP contribution in [0.4, 0.5) is 0 Å². The second-order valence-electron chi connectivity index (χ2n) is 3.18. The standard InChI is InChI=1S/C9H14N4/c1-3-9-11-8(2)6-13(9)12-5-4-10-7-12/h6-7H,3-5H2,1-2H3. The maximum absolute atomic E-state index is 4.43. The zero-order valence-electron chi connectivity index (χ0n) is 8.06. The molecule has 1 aromatic rings. The minimum absolute atomic E-state index is 0.889. The summed E-state index contributed by atoms with van der Waals surface area (Å²) in [7, 11) is 0. The highest BCUT2D eigenvalue weighted by atomic mass is 15.6. The van der Waals surface area contributed by atoms with E-state index < -0.39 is 0 Å². The van der Waals surface area contributed by atoms with Gasteiger partial charge in [0.05, 0.1) is 18.8 Å². The number of imidazole rings is 1. The van der Waals surface area contributed by atoms with Gasteiger partial charge < -0.3 is 0 Å². The van der Waals surface area contributed by atoms with Crippen LogP contribution in [0.3, 0.4) is 0 Å². The molecule has 2 heterocycles. The molecule has 4 nitrogen and oxygen atoms in total. The quantitative estimate of drug-likeness (QED) is 0.669. The van der Waals surface area contributed by atoms with Gasteiger partial charge in [-0.2, -0.15) is 0 Å². The van der Waals surface area contributed by atoms with Gasteiger partial charge in [-0.15, -0.1) is 0 Å². The molecule has 4 heteroatoms. The molecule has 70 valence electrons. The van der Waals surface area contributed by atoms with E-state index in [1.165, 1.54) is 0 Å². The third kappa shape index (κ3) is 1.43. The molecule has 0 atom stereocenters. The van der Waals surface area contributed by atoms with Crippen molar-refractivity contribution in [3.8, 4) is 0 Å². The zero-order chi connectivity index (χ0) is 9.26. The van der Waals surface area contributed by atoms with Gasteiger partial charge in [0.15, 0.2) is 0 Å². The van der Waals surface area contributed by atoms with Gasteiger partial charge in [-0.3, -0.25) is 10.0 Å². The van der Waals surface area contributed by atoms with E-state index in [4.69, 9.17) is 0 Å². The van der Waals surface area contributed by atoms with Crippen LogP contribution in [0.5, 0.6) is 0 Å². The predicted molar refractivity (Wildman–Crippen MR) is 52.8 cm³/mol. The Morgan fingerprint density at radius 1 is 1.54 bits per heavy atom. The maximum atomic E-state index is 4.43. The summed E-state index contributed by atoms with van der Waals surface area (Å²) in [5.41, 5.74) is 1.07. The topological polar surface area (TPSA) is 33.4 Å². The van der Waals surface area contributed by atoms with Crippen molar-refractivity contribution in [2.45, 2.75) is 20.3 Å². The summed E-state index contributed by atoms with van der Waals surface area (Å²) < 4.78 is 2.09. The van der Waals surface area contributed by atoms with Crippen LogP contribution in [-0.4, -0.2) is 29.1 Å². The van der Waals surface area contributed by atoms with Crippen LogP contribution >= 0.6 is 0 Å². The highest BCUT2D eigenvalue weighted by Gasteiger charge is 2.11. The first kappa shape index (κ1) is 8.29. The SMILES string of the molecule is CCc1nc(C)cn1N1C=NCC1. The van der Waals surface area contributed by atoms with Crippen LogP contribution < -0.4 is 5.01 Å². The molecule has 0 N–H and O–H groups in total. The number of nitrogens with zero attached hydrogens (tertiary/aromatic N) is 4. The molecular formula is C9H14N4. The fourth-order valence-electron chi connectivity index (χ4n) is 1.53. The minimum Gasteiger partial charge on any atom is -0.272 e. The molecule has 1 aromatic heterocycles. The van der Waals surface area contributed by atoms with Crippen molar-refractivity contribution in [2.24, 2.45) is 4.99 Å². The van der Waals surface area contributed by atoms with Gasteiger partial charge in [0, 0.05) is 12.6 Å². The van der Waals surface area contributed by atoms with Crippen LogP contribution in [0.2, 0.25) is 0 Å². The van der Waals surface area contributed by atoms with Crippen molar-refractivity contribution in [1.29, 1.82) is 0 Å². The number of hydrogen-bond acceptors (Lipinski definition) is 3. The van der Waals surface area contributed by atoms with Crippen molar-refractivity contribution in [2.75, 3.05) is 18.1 Å². The second-order valence-corrected chi connectivity index (χ2v) is 3.18. The van der Waals surface area contributed by atoms with Gasteiger partial charge in [0.25, 0.3) is 0 Å². The first-order valence-electron chi connectivity index (χ1n) is 4.63. The highest BCUT2D eigenvalue weighted by molar-refractivity contribution is 5.69. The molecule has 1 aliphatic heterocycles. The molecule has 0 aromatic carbocycles. The van der Waals surface area contributed by atoms with E-state index in [1.807, 2.05) is 13.3 Å². The van der Waals surface area contributed by atoms with Crippen molar-refractivity contribution in [3.63, 3.8) is 0 Å². The first-order valence-corrected chi connectivity index (χ1v) is 4.63. The Kier molecular flexibility index (Phi) is 2.04. The molecular weight excluding hydrogens is 164 g/mol. The lowest BCUT2D eigenvalue weighted by atomic mass is 10.5. The van der Waals surface area contributed by atoms with Gasteiger partial charge >= 0.3 is 0 Å². The van der Waals surface area contributed by atoms with Crippen LogP contribution in [-0.2, 0) is 6.42 Å². The van der Waals surface area contributed by atoms with Gasteiger partial charge in [-0.25, -0.2) is 9.66 Å². The second kappa shape index (κ2) is 3.20. The Labute approximate surface area is 77.9 Å². The fourth-order valence-corrected chi connectivity index (χ4v) is 1.53. The number of aliphatic imine (C=N–C) groups is 1. The Balaban J connectivity index is 2.32. The van der Waals surface area contributed by atoms with E-state index in [0.29, 0.717) is 0 Å². The Hall–Kier alpha value is -1.32. The number of aryl methyl sites for hydroxylation is 2. The van der Waals surface area contributed by atoms with Crippen molar-refractivity contribution < 1.29 is 0 Å². The highest BCUT2D eigenvalue weighted by Crippen LogP contribution is 2.05. The lowest BCUT2D eigenvalue weighted by Crippen LogP contribution is -2.32. The molecule has 0 saturated carbocycles. The lowest BCUT2D eigenvalue weighted by molar-refractivity contribution is 0.703. The molecule has 0 amide bonds. The van der Waals surface area contributed by atoms with Crippen molar-refractivity contribution in [3.05, 3.63) is 17.7 Å². The van der Waals surface area contributed by atoms with Crippen molar-refractivity contribution >= 4 is 6.34 Å². The van der Waals surface area contributed by atoms with E-state index in [0.717, 1.165) is 31.0 Å². The summed E-state index contributed by atoms with van der Waals surface area (Å²) in [5.74, 6) is 1.10. The summed E-state index contributed by atoms with van der Waals surface area (Å²) in [6.45, 7) is 5.98. The van der Waals surface area contributed by atoms with Crippen LogP contribution in [0, 0.1) is 6.92 Å². The molecule has 0 spiro atoms. The number of rotatable bonds is 2. The first-order chi connectivity index (χ1) is 6.31. The fraction of sp³-hybridized carbons (Fsp3) is 0.556. The molecule has 0 aliphatic carbocycles. The van der Waals surface area contributed by atoms with E-state index in [2.05, 4.69) is 32.8 Å². The van der Waals surface area contributed by atoms with E-state index in [9.17, 15) is 0 Å². The van der Waals surface area contributed by atoms with Gasteiger partial charge in [-0.05, 0) is 6.92 Å². The van der Waals surface area contributed by atoms with Gasteiger partial charge in [0.1, 0.15) is 12.2 Å². The molecule has 0 radical (unpaired) electrons. The van der Waals surface area contributed by atoms with Crippen molar-refractivity contribution in [1.82, 2.24) is 9.66 Å². The summed E-state index contributed by atoms with van der Waals surface area (Å²) in [4.78, 5) is 8.61. The Bertz CT molecular complexity index is 326. The average molecular weight is 178 g/mol. The van der Waals surface area contributed by atoms with Gasteiger partial charge in [0.2, 0.25) is 0 Å². The van der Waals surface area contributed by atoms with Crippen LogP contribution in [0.1, 0.15) is 18.4 Å². The molecule has 13 heavy (non-hydrogen) atoms. The third-order valence-electron chi connectivity index (χ3n) is 2.15. The number of hydrogen-bond donors (Lipinski definition) is 0. The summed E-state index contributed by atoms with van der Waals surface area (Å²) >= 11 is 0. The third-order valence-corrected chi connectivity index (χ3v) is 2.15. The number of aromatic nitrogens is 2. The molecule has 0 bridgehead atoms. The molecule has 0 saturated heterocycles. The molecule has 0 fully saturated rings. The van der Waals surface area contributed by atoms with E-state index in [-0.39, 0.29) is 0 Å².